The van der Waals surface area contributed by atoms with Gasteiger partial charge in [0.05, 0.1) is 6.54 Å². The van der Waals surface area contributed by atoms with Crippen molar-refractivity contribution in [3.63, 3.8) is 0 Å². The van der Waals surface area contributed by atoms with Gasteiger partial charge in [-0.15, -0.1) is 0 Å². The third kappa shape index (κ3) is 4.43. The summed E-state index contributed by atoms with van der Waals surface area (Å²) in [6.45, 7) is 2.86. The molecule has 0 aromatic heterocycles. The molecule has 0 aromatic rings. The van der Waals surface area contributed by atoms with Gasteiger partial charge in [0.15, 0.2) is 0 Å². The number of halogens is 2. The van der Waals surface area contributed by atoms with Crippen molar-refractivity contribution < 1.29 is 13.9 Å². The van der Waals surface area contributed by atoms with Crippen molar-refractivity contribution in [2.45, 2.75) is 51.5 Å². The summed E-state index contributed by atoms with van der Waals surface area (Å²) in [6, 6.07) is 0.172. The Bertz CT molecular complexity index is 207. The van der Waals surface area contributed by atoms with Crippen LogP contribution in [0.2, 0.25) is 0 Å². The molecule has 2 N–H and O–H groups in total. The van der Waals surface area contributed by atoms with E-state index in [2.05, 4.69) is 19.2 Å². The predicted octanol–water partition coefficient (Wildman–Crippen LogP) is 2.17. The van der Waals surface area contributed by atoms with E-state index in [0.717, 1.165) is 19.3 Å². The Morgan fingerprint density at radius 3 is 2.67 bits per heavy atom. The molecule has 0 aromatic carbocycles. The average molecular weight is 221 g/mol. The van der Waals surface area contributed by atoms with E-state index >= 15 is 0 Å². The summed E-state index contributed by atoms with van der Waals surface area (Å²) >= 11 is 0. The Kier molecular flexibility index (Phi) is 4.06. The molecule has 0 spiro atoms. The van der Waals surface area contributed by atoms with Crippen LogP contribution < -0.4 is 5.32 Å². The van der Waals surface area contributed by atoms with Crippen LogP contribution in [0, 0.1) is 5.41 Å². The second-order valence-corrected chi connectivity index (χ2v) is 5.35. The maximum atomic E-state index is 12.8. The standard InChI is InChI=1S/C11H21F2NO/c1-10(2)5-3-4-9(6-10)14-7-11(12,13)8-15/h9,14-15H,3-8H2,1-2H3. The van der Waals surface area contributed by atoms with Crippen molar-refractivity contribution >= 4 is 0 Å². The zero-order chi connectivity index (χ0) is 11.5. The number of aliphatic hydroxyl groups excluding tert-OH is 1. The minimum atomic E-state index is -2.98. The molecule has 4 heteroatoms. The average Bonchev–Trinajstić information content (AvgIpc) is 2.14. The van der Waals surface area contributed by atoms with E-state index in [1.165, 1.54) is 6.42 Å². The number of aliphatic hydroxyl groups is 1. The monoisotopic (exact) mass is 221 g/mol. The second kappa shape index (κ2) is 4.74. The van der Waals surface area contributed by atoms with Gasteiger partial charge in [0.2, 0.25) is 0 Å². The molecule has 15 heavy (non-hydrogen) atoms. The van der Waals surface area contributed by atoms with Crippen LogP contribution in [0.1, 0.15) is 39.5 Å². The lowest BCUT2D eigenvalue weighted by Gasteiger charge is -2.36. The molecular formula is C11H21F2NO. The van der Waals surface area contributed by atoms with Crippen molar-refractivity contribution in [3.8, 4) is 0 Å². The fourth-order valence-electron chi connectivity index (χ4n) is 2.22. The molecule has 0 bridgehead atoms. The van der Waals surface area contributed by atoms with Crippen LogP contribution in [0.3, 0.4) is 0 Å². The van der Waals surface area contributed by atoms with Crippen molar-refractivity contribution in [1.29, 1.82) is 0 Å². The Hall–Kier alpha value is -0.220. The Labute approximate surface area is 90.1 Å². The SMILES string of the molecule is CC1(C)CCCC(NCC(F)(F)CO)C1. The lowest BCUT2D eigenvalue weighted by molar-refractivity contribution is -0.0509. The van der Waals surface area contributed by atoms with E-state index in [9.17, 15) is 8.78 Å². The largest absolute Gasteiger partial charge is 0.390 e. The summed E-state index contributed by atoms with van der Waals surface area (Å²) in [5, 5.41) is 11.3. The minimum absolute atomic E-state index is 0.172. The molecule has 1 saturated carbocycles. The molecule has 1 rings (SSSR count). The summed E-state index contributed by atoms with van der Waals surface area (Å²) in [5.74, 6) is -2.98. The fraction of sp³-hybridized carbons (Fsp3) is 1.00. The summed E-state index contributed by atoms with van der Waals surface area (Å²) in [7, 11) is 0. The van der Waals surface area contributed by atoms with Gasteiger partial charge in [-0.3, -0.25) is 0 Å². The predicted molar refractivity (Wildman–Crippen MR) is 56.1 cm³/mol. The van der Waals surface area contributed by atoms with E-state index < -0.39 is 19.1 Å². The minimum Gasteiger partial charge on any atom is -0.390 e. The van der Waals surface area contributed by atoms with Crippen molar-refractivity contribution in [2.24, 2.45) is 5.41 Å². The maximum Gasteiger partial charge on any atom is 0.282 e. The Balaban J connectivity index is 2.33. The molecule has 0 radical (unpaired) electrons. The number of rotatable bonds is 4. The van der Waals surface area contributed by atoms with E-state index in [1.54, 1.807) is 0 Å². The molecule has 0 heterocycles. The molecule has 1 fully saturated rings. The van der Waals surface area contributed by atoms with Crippen LogP contribution in [0.15, 0.2) is 0 Å². The summed E-state index contributed by atoms with van der Waals surface area (Å²) in [6.07, 6.45) is 4.16. The van der Waals surface area contributed by atoms with Crippen LogP contribution in [0.5, 0.6) is 0 Å². The van der Waals surface area contributed by atoms with Gasteiger partial charge >= 0.3 is 0 Å². The molecule has 1 unspecified atom stereocenters. The van der Waals surface area contributed by atoms with Crippen LogP contribution in [-0.2, 0) is 0 Å². The van der Waals surface area contributed by atoms with Crippen molar-refractivity contribution in [1.82, 2.24) is 5.32 Å². The number of alkyl halides is 2. The van der Waals surface area contributed by atoms with Gasteiger partial charge in [-0.1, -0.05) is 20.3 Å². The van der Waals surface area contributed by atoms with Crippen molar-refractivity contribution in [2.75, 3.05) is 13.2 Å². The first-order valence-corrected chi connectivity index (χ1v) is 5.57. The quantitative estimate of drug-likeness (QED) is 0.762. The smallest absolute Gasteiger partial charge is 0.282 e. The van der Waals surface area contributed by atoms with Gasteiger partial charge in [0, 0.05) is 6.04 Å². The van der Waals surface area contributed by atoms with Crippen LogP contribution in [0.4, 0.5) is 8.78 Å². The molecule has 0 aliphatic heterocycles. The maximum absolute atomic E-state index is 12.8. The van der Waals surface area contributed by atoms with Crippen LogP contribution >= 0.6 is 0 Å². The summed E-state index contributed by atoms with van der Waals surface area (Å²) in [5.41, 5.74) is 0.254. The third-order valence-electron chi connectivity index (χ3n) is 3.09. The van der Waals surface area contributed by atoms with Gasteiger partial charge in [-0.25, -0.2) is 8.78 Å². The molecule has 0 amide bonds. The van der Waals surface area contributed by atoms with Gasteiger partial charge in [-0.05, 0) is 24.7 Å². The summed E-state index contributed by atoms with van der Waals surface area (Å²) < 4.78 is 25.6. The molecule has 1 aliphatic rings. The molecule has 2 nitrogen and oxygen atoms in total. The highest BCUT2D eigenvalue weighted by atomic mass is 19.3. The number of nitrogens with one attached hydrogen (secondary N) is 1. The third-order valence-corrected chi connectivity index (χ3v) is 3.09. The van der Waals surface area contributed by atoms with Crippen LogP contribution in [-0.4, -0.2) is 30.2 Å². The van der Waals surface area contributed by atoms with E-state index in [1.807, 2.05) is 0 Å². The van der Waals surface area contributed by atoms with E-state index in [-0.39, 0.29) is 11.5 Å². The zero-order valence-electron chi connectivity index (χ0n) is 9.52. The molecule has 1 atom stereocenters. The lowest BCUT2D eigenvalue weighted by Crippen LogP contribution is -2.44. The van der Waals surface area contributed by atoms with Crippen LogP contribution in [0.25, 0.3) is 0 Å². The van der Waals surface area contributed by atoms with Gasteiger partial charge in [0.1, 0.15) is 6.61 Å². The number of hydrogen-bond donors (Lipinski definition) is 2. The second-order valence-electron chi connectivity index (χ2n) is 5.35. The van der Waals surface area contributed by atoms with E-state index in [0.29, 0.717) is 0 Å². The number of hydrogen-bond acceptors (Lipinski definition) is 2. The normalized spacial score (nSPS) is 26.6. The highest BCUT2D eigenvalue weighted by Gasteiger charge is 2.32. The Morgan fingerprint density at radius 1 is 1.47 bits per heavy atom. The highest BCUT2D eigenvalue weighted by molar-refractivity contribution is 4.84. The molecular weight excluding hydrogens is 200 g/mol. The Morgan fingerprint density at radius 2 is 2.13 bits per heavy atom. The summed E-state index contributed by atoms with van der Waals surface area (Å²) in [4.78, 5) is 0. The van der Waals surface area contributed by atoms with E-state index in [4.69, 9.17) is 5.11 Å². The molecule has 0 saturated heterocycles. The first kappa shape index (κ1) is 12.8. The van der Waals surface area contributed by atoms with Gasteiger partial charge < -0.3 is 10.4 Å². The van der Waals surface area contributed by atoms with Crippen molar-refractivity contribution in [3.05, 3.63) is 0 Å². The fourth-order valence-corrected chi connectivity index (χ4v) is 2.22. The highest BCUT2D eigenvalue weighted by Crippen LogP contribution is 2.35. The molecule has 90 valence electrons. The van der Waals surface area contributed by atoms with Gasteiger partial charge in [-0.2, -0.15) is 0 Å². The zero-order valence-corrected chi connectivity index (χ0v) is 9.52. The first-order chi connectivity index (χ1) is 6.85. The topological polar surface area (TPSA) is 32.3 Å². The first-order valence-electron chi connectivity index (χ1n) is 5.57. The molecule has 1 aliphatic carbocycles. The van der Waals surface area contributed by atoms with Gasteiger partial charge in [0.25, 0.3) is 5.92 Å². The lowest BCUT2D eigenvalue weighted by atomic mass is 9.75.